The number of fused-ring (bicyclic) bond motifs is 1. The molecule has 7 nitrogen and oxygen atoms in total. The average Bonchev–Trinajstić information content (AvgIpc) is 3.35. The van der Waals surface area contributed by atoms with Gasteiger partial charge < -0.3 is 20.4 Å². The third-order valence-electron chi connectivity index (χ3n) is 7.17. The third-order valence-corrected chi connectivity index (χ3v) is 7.17. The van der Waals surface area contributed by atoms with Crippen LogP contribution >= 0.6 is 0 Å². The van der Waals surface area contributed by atoms with E-state index in [4.69, 9.17) is 10.5 Å². The van der Waals surface area contributed by atoms with Crippen LogP contribution in [0, 0.1) is 0 Å². The molecular weight excluding hydrogens is 460 g/mol. The molecule has 0 atom stereocenters. The van der Waals surface area contributed by atoms with Crippen LogP contribution in [0.3, 0.4) is 0 Å². The minimum absolute atomic E-state index is 0.374. The summed E-state index contributed by atoms with van der Waals surface area (Å²) in [5.41, 5.74) is 10.5. The maximum absolute atomic E-state index is 6.38. The SMILES string of the molecule is Nc1ncnc2c1c(-c1ccc(Oc3ccccc3)cc1)cn2[C@H]1CC[C@@H](NCc2ccccn2)CC1. The fourth-order valence-corrected chi connectivity index (χ4v) is 5.24. The molecule has 7 heteroatoms. The van der Waals surface area contributed by atoms with Crippen molar-refractivity contribution < 1.29 is 4.74 Å². The largest absolute Gasteiger partial charge is 0.457 e. The molecule has 0 radical (unpaired) electrons. The Labute approximate surface area is 216 Å². The lowest BCUT2D eigenvalue weighted by molar-refractivity contribution is 0.293. The van der Waals surface area contributed by atoms with Crippen LogP contribution in [-0.2, 0) is 6.54 Å². The molecule has 0 spiro atoms. The molecule has 1 saturated carbocycles. The van der Waals surface area contributed by atoms with Gasteiger partial charge in [0.05, 0.1) is 11.1 Å². The lowest BCUT2D eigenvalue weighted by Gasteiger charge is -2.30. The fourth-order valence-electron chi connectivity index (χ4n) is 5.24. The van der Waals surface area contributed by atoms with Crippen molar-refractivity contribution in [1.29, 1.82) is 0 Å². The van der Waals surface area contributed by atoms with E-state index in [-0.39, 0.29) is 0 Å². The number of nitrogens with one attached hydrogen (secondary N) is 1. The fraction of sp³-hybridized carbons (Fsp3) is 0.233. The molecule has 1 aliphatic rings. The molecule has 0 unspecified atom stereocenters. The van der Waals surface area contributed by atoms with E-state index in [1.807, 2.05) is 60.8 Å². The first kappa shape index (κ1) is 23.2. The van der Waals surface area contributed by atoms with Gasteiger partial charge in [0.15, 0.2) is 0 Å². The number of nitrogens with zero attached hydrogens (tertiary/aromatic N) is 4. The number of anilines is 1. The second-order valence-corrected chi connectivity index (χ2v) is 9.55. The van der Waals surface area contributed by atoms with Crippen molar-refractivity contribution in [3.05, 3.63) is 97.2 Å². The van der Waals surface area contributed by atoms with Gasteiger partial charge in [-0.2, -0.15) is 0 Å². The van der Waals surface area contributed by atoms with Gasteiger partial charge in [-0.1, -0.05) is 36.4 Å². The number of hydrogen-bond acceptors (Lipinski definition) is 6. The van der Waals surface area contributed by atoms with Crippen molar-refractivity contribution in [2.75, 3.05) is 5.73 Å². The molecular formula is C30H30N6O. The number of pyridine rings is 1. The van der Waals surface area contributed by atoms with Gasteiger partial charge in [-0.05, 0) is 67.6 Å². The molecule has 0 aliphatic heterocycles. The van der Waals surface area contributed by atoms with E-state index in [0.29, 0.717) is 17.9 Å². The minimum atomic E-state index is 0.374. The van der Waals surface area contributed by atoms with Crippen molar-refractivity contribution in [3.8, 4) is 22.6 Å². The van der Waals surface area contributed by atoms with E-state index >= 15 is 0 Å². The smallest absolute Gasteiger partial charge is 0.146 e. The highest BCUT2D eigenvalue weighted by Crippen LogP contribution is 2.38. The summed E-state index contributed by atoms with van der Waals surface area (Å²) in [5.74, 6) is 2.11. The zero-order valence-corrected chi connectivity index (χ0v) is 20.6. The van der Waals surface area contributed by atoms with E-state index in [0.717, 1.165) is 71.6 Å². The average molecular weight is 491 g/mol. The number of hydrogen-bond donors (Lipinski definition) is 2. The molecule has 0 saturated heterocycles. The van der Waals surface area contributed by atoms with Crippen molar-refractivity contribution in [1.82, 2.24) is 24.8 Å². The number of benzene rings is 2. The molecule has 3 aromatic heterocycles. The number of aromatic nitrogens is 4. The minimum Gasteiger partial charge on any atom is -0.457 e. The molecule has 0 bridgehead atoms. The van der Waals surface area contributed by atoms with Crippen molar-refractivity contribution >= 4 is 16.9 Å². The van der Waals surface area contributed by atoms with Gasteiger partial charge >= 0.3 is 0 Å². The summed E-state index contributed by atoms with van der Waals surface area (Å²) in [6.45, 7) is 0.806. The molecule has 3 N–H and O–H groups in total. The van der Waals surface area contributed by atoms with Crippen molar-refractivity contribution in [2.45, 2.75) is 44.3 Å². The summed E-state index contributed by atoms with van der Waals surface area (Å²) in [4.78, 5) is 13.4. The molecule has 6 rings (SSSR count). The van der Waals surface area contributed by atoms with Gasteiger partial charge in [-0.25, -0.2) is 9.97 Å². The predicted molar refractivity (Wildman–Crippen MR) is 146 cm³/mol. The quantitative estimate of drug-likeness (QED) is 0.285. The highest BCUT2D eigenvalue weighted by atomic mass is 16.5. The second-order valence-electron chi connectivity index (χ2n) is 9.55. The van der Waals surface area contributed by atoms with Crippen LogP contribution in [0.2, 0.25) is 0 Å². The van der Waals surface area contributed by atoms with E-state index in [2.05, 4.69) is 49.2 Å². The van der Waals surface area contributed by atoms with Gasteiger partial charge in [-0.3, -0.25) is 4.98 Å². The molecule has 2 aromatic carbocycles. The third kappa shape index (κ3) is 5.04. The Morgan fingerprint density at radius 1 is 0.838 bits per heavy atom. The van der Waals surface area contributed by atoms with Crippen molar-refractivity contribution in [2.24, 2.45) is 0 Å². The van der Waals surface area contributed by atoms with Crippen LogP contribution in [0.15, 0.2) is 91.5 Å². The number of nitrogen functional groups attached to an aromatic ring is 1. The van der Waals surface area contributed by atoms with Crippen LogP contribution in [0.1, 0.15) is 37.4 Å². The van der Waals surface area contributed by atoms with E-state index in [1.54, 1.807) is 6.33 Å². The number of rotatable bonds is 7. The first-order chi connectivity index (χ1) is 18.2. The molecule has 0 amide bonds. The van der Waals surface area contributed by atoms with Gasteiger partial charge in [0.2, 0.25) is 0 Å². The predicted octanol–water partition coefficient (Wildman–Crippen LogP) is 6.14. The highest BCUT2D eigenvalue weighted by molar-refractivity contribution is 6.00. The maximum atomic E-state index is 6.38. The van der Waals surface area contributed by atoms with Crippen LogP contribution in [0.5, 0.6) is 11.5 Å². The maximum Gasteiger partial charge on any atom is 0.146 e. The lowest BCUT2D eigenvalue weighted by Crippen LogP contribution is -2.33. The highest BCUT2D eigenvalue weighted by Gasteiger charge is 2.25. The van der Waals surface area contributed by atoms with Gasteiger partial charge in [0.25, 0.3) is 0 Å². The summed E-state index contributed by atoms with van der Waals surface area (Å²) in [7, 11) is 0. The first-order valence-electron chi connectivity index (χ1n) is 12.8. The summed E-state index contributed by atoms with van der Waals surface area (Å²) in [6, 6.07) is 24.8. The lowest BCUT2D eigenvalue weighted by atomic mass is 9.91. The normalized spacial score (nSPS) is 17.6. The number of nitrogens with two attached hydrogens (primary N) is 1. The van der Waals surface area contributed by atoms with Crippen LogP contribution in [-0.4, -0.2) is 25.6 Å². The Bertz CT molecular complexity index is 1460. The molecule has 5 aromatic rings. The van der Waals surface area contributed by atoms with E-state index < -0.39 is 0 Å². The Balaban J connectivity index is 1.20. The van der Waals surface area contributed by atoms with Gasteiger partial charge in [-0.15, -0.1) is 0 Å². The second kappa shape index (κ2) is 10.4. The Kier molecular flexibility index (Phi) is 6.52. The number of ether oxygens (including phenoxy) is 1. The zero-order chi connectivity index (χ0) is 25.0. The van der Waals surface area contributed by atoms with Gasteiger partial charge in [0, 0.05) is 36.6 Å². The van der Waals surface area contributed by atoms with Gasteiger partial charge in [0.1, 0.15) is 29.3 Å². The standard InChI is InChI=1S/C30H30N6O/c31-29-28-27(21-9-15-26(16-10-21)37-25-7-2-1-3-8-25)19-36(30(28)35-20-34-29)24-13-11-22(12-14-24)33-18-23-6-4-5-17-32-23/h1-10,15-17,19-20,22,24,33H,11-14,18H2,(H2,31,34,35)/t22-,24+. The van der Waals surface area contributed by atoms with E-state index in [9.17, 15) is 0 Å². The summed E-state index contributed by atoms with van der Waals surface area (Å²) >= 11 is 0. The summed E-state index contributed by atoms with van der Waals surface area (Å²) < 4.78 is 8.29. The Hall–Kier alpha value is -4.23. The Morgan fingerprint density at radius 2 is 1.59 bits per heavy atom. The molecule has 1 aliphatic carbocycles. The van der Waals surface area contributed by atoms with Crippen LogP contribution in [0.4, 0.5) is 5.82 Å². The molecule has 3 heterocycles. The van der Waals surface area contributed by atoms with Crippen molar-refractivity contribution in [3.63, 3.8) is 0 Å². The Morgan fingerprint density at radius 3 is 2.35 bits per heavy atom. The molecule has 186 valence electrons. The van der Waals surface area contributed by atoms with Crippen LogP contribution < -0.4 is 15.8 Å². The topological polar surface area (TPSA) is 90.9 Å². The molecule has 37 heavy (non-hydrogen) atoms. The monoisotopic (exact) mass is 490 g/mol. The zero-order valence-electron chi connectivity index (χ0n) is 20.6. The number of para-hydroxylation sites is 1. The molecule has 1 fully saturated rings. The summed E-state index contributed by atoms with van der Waals surface area (Å²) in [6.07, 6.45) is 9.99. The summed E-state index contributed by atoms with van der Waals surface area (Å²) in [5, 5.41) is 4.59. The first-order valence-corrected chi connectivity index (χ1v) is 12.8. The van der Waals surface area contributed by atoms with Crippen LogP contribution in [0.25, 0.3) is 22.2 Å². The van der Waals surface area contributed by atoms with E-state index in [1.165, 1.54) is 0 Å².